The number of nitrogens with one attached hydrogen (secondary N) is 1. The van der Waals surface area contributed by atoms with E-state index in [-0.39, 0.29) is 29.6 Å². The molecule has 0 aromatic heterocycles. The summed E-state index contributed by atoms with van der Waals surface area (Å²) in [5, 5.41) is 3.40. The Bertz CT molecular complexity index is 747. The summed E-state index contributed by atoms with van der Waals surface area (Å²) in [6.07, 6.45) is 5.60. The Morgan fingerprint density at radius 3 is 2.50 bits per heavy atom. The molecule has 2 atom stereocenters. The van der Waals surface area contributed by atoms with Crippen LogP contribution in [-0.4, -0.2) is 24.1 Å². The Hall–Kier alpha value is -1.88. The van der Waals surface area contributed by atoms with Crippen molar-refractivity contribution >= 4 is 40.6 Å². The molecule has 1 saturated heterocycles. The van der Waals surface area contributed by atoms with Gasteiger partial charge in [0.05, 0.1) is 10.7 Å². The van der Waals surface area contributed by atoms with Crippen molar-refractivity contribution in [2.45, 2.75) is 44.9 Å². The van der Waals surface area contributed by atoms with Crippen LogP contribution in [0.2, 0.25) is 5.02 Å². The summed E-state index contributed by atoms with van der Waals surface area (Å²) in [6, 6.07) is 5.31. The fourth-order valence-corrected chi connectivity index (χ4v) is 4.79. The second kappa shape index (κ2) is 7.03. The molecule has 1 aromatic rings. The number of hydrogen-bond donors (Lipinski definition) is 1. The van der Waals surface area contributed by atoms with Gasteiger partial charge in [0.25, 0.3) is 0 Å². The number of nitrogens with zero attached hydrogens (tertiary/aromatic N) is 1. The number of anilines is 2. The molecule has 2 bridgehead atoms. The number of ketones is 1. The van der Waals surface area contributed by atoms with Crippen molar-refractivity contribution in [3.63, 3.8) is 0 Å². The van der Waals surface area contributed by atoms with Crippen molar-refractivity contribution in [3.8, 4) is 0 Å². The highest BCUT2D eigenvalue weighted by atomic mass is 35.5. The molecular weight excluding hydrogens is 352 g/mol. The number of benzene rings is 1. The lowest BCUT2D eigenvalue weighted by Gasteiger charge is -2.37. The molecule has 2 amide bonds. The lowest BCUT2D eigenvalue weighted by atomic mass is 9.67. The number of fused-ring (bicyclic) bond motifs is 2. The largest absolute Gasteiger partial charge is 0.324 e. The van der Waals surface area contributed by atoms with Gasteiger partial charge in [0.2, 0.25) is 11.8 Å². The molecule has 0 radical (unpaired) electrons. The highest BCUT2D eigenvalue weighted by Crippen LogP contribution is 2.41. The van der Waals surface area contributed by atoms with Gasteiger partial charge < -0.3 is 10.2 Å². The maximum Gasteiger partial charge on any atom is 0.227 e. The topological polar surface area (TPSA) is 66.5 Å². The molecule has 2 unspecified atom stereocenters. The Labute approximate surface area is 158 Å². The molecule has 1 N–H and O–H groups in total. The van der Waals surface area contributed by atoms with Crippen LogP contribution >= 0.6 is 11.6 Å². The van der Waals surface area contributed by atoms with Crippen LogP contribution < -0.4 is 10.2 Å². The van der Waals surface area contributed by atoms with Gasteiger partial charge >= 0.3 is 0 Å². The molecule has 4 rings (SSSR count). The minimum Gasteiger partial charge on any atom is -0.324 e. The van der Waals surface area contributed by atoms with Crippen molar-refractivity contribution in [3.05, 3.63) is 23.2 Å². The zero-order valence-corrected chi connectivity index (χ0v) is 15.4. The molecule has 6 heteroatoms. The van der Waals surface area contributed by atoms with E-state index in [4.69, 9.17) is 11.6 Å². The van der Waals surface area contributed by atoms with E-state index in [1.165, 1.54) is 0 Å². The Balaban J connectivity index is 1.49. The van der Waals surface area contributed by atoms with E-state index in [2.05, 4.69) is 5.32 Å². The third-order valence-corrected chi connectivity index (χ3v) is 6.34. The van der Waals surface area contributed by atoms with E-state index >= 15 is 0 Å². The van der Waals surface area contributed by atoms with Crippen molar-refractivity contribution in [2.75, 3.05) is 16.8 Å². The molecule has 26 heavy (non-hydrogen) atoms. The number of rotatable bonds is 3. The van der Waals surface area contributed by atoms with Crippen molar-refractivity contribution in [2.24, 2.45) is 17.8 Å². The van der Waals surface area contributed by atoms with Gasteiger partial charge in [-0.3, -0.25) is 14.4 Å². The van der Waals surface area contributed by atoms with Crippen LogP contribution in [0.1, 0.15) is 44.9 Å². The number of carbonyl (C=O) groups is 3. The van der Waals surface area contributed by atoms with E-state index in [0.29, 0.717) is 42.3 Å². The second-order valence-corrected chi connectivity index (χ2v) is 8.10. The fraction of sp³-hybridized carbons (Fsp3) is 0.550. The van der Waals surface area contributed by atoms with Crippen LogP contribution in [0.5, 0.6) is 0 Å². The van der Waals surface area contributed by atoms with Crippen LogP contribution in [0.4, 0.5) is 11.4 Å². The van der Waals surface area contributed by atoms with E-state index < -0.39 is 0 Å². The Morgan fingerprint density at radius 1 is 1.12 bits per heavy atom. The molecule has 0 spiro atoms. The molecule has 1 aromatic carbocycles. The van der Waals surface area contributed by atoms with Gasteiger partial charge in [0, 0.05) is 36.4 Å². The number of Topliss-reactive ketones (excluding diaryl/α,β-unsaturated/α-hetero) is 1. The average molecular weight is 375 g/mol. The molecule has 3 fully saturated rings. The van der Waals surface area contributed by atoms with Crippen LogP contribution in [0.3, 0.4) is 0 Å². The zero-order chi connectivity index (χ0) is 18.3. The average Bonchev–Trinajstić information content (AvgIpc) is 3.02. The lowest BCUT2D eigenvalue weighted by Crippen LogP contribution is -2.40. The first-order valence-corrected chi connectivity index (χ1v) is 9.85. The minimum atomic E-state index is -0.142. The standard InChI is InChI=1S/C20H23ClN2O3/c21-16-7-6-15(23-8-2-5-18(23)24)11-17(16)22-20(26)14-9-12-3-1-4-13(10-14)19(12)25/h6-7,11-14H,1-5,8-10H2,(H,22,26). The summed E-state index contributed by atoms with van der Waals surface area (Å²) in [6.45, 7) is 0.696. The van der Waals surface area contributed by atoms with E-state index in [0.717, 1.165) is 31.4 Å². The Morgan fingerprint density at radius 2 is 1.85 bits per heavy atom. The highest BCUT2D eigenvalue weighted by Gasteiger charge is 2.41. The summed E-state index contributed by atoms with van der Waals surface area (Å²) >= 11 is 6.27. The normalized spacial score (nSPS) is 28.3. The molecule has 3 aliphatic rings. The van der Waals surface area contributed by atoms with Gasteiger partial charge in [0.1, 0.15) is 5.78 Å². The smallest absolute Gasteiger partial charge is 0.227 e. The van der Waals surface area contributed by atoms with Gasteiger partial charge in [-0.15, -0.1) is 0 Å². The van der Waals surface area contributed by atoms with E-state index in [1.54, 1.807) is 17.0 Å². The zero-order valence-electron chi connectivity index (χ0n) is 14.7. The minimum absolute atomic E-state index is 0.0438. The van der Waals surface area contributed by atoms with Crippen LogP contribution in [-0.2, 0) is 14.4 Å². The van der Waals surface area contributed by atoms with Crippen LogP contribution in [0, 0.1) is 17.8 Å². The molecule has 2 aliphatic carbocycles. The van der Waals surface area contributed by atoms with Crippen molar-refractivity contribution < 1.29 is 14.4 Å². The van der Waals surface area contributed by atoms with Gasteiger partial charge in [0.15, 0.2) is 0 Å². The predicted octanol–water partition coefficient (Wildman–Crippen LogP) is 3.80. The summed E-state index contributed by atoms with van der Waals surface area (Å²) in [7, 11) is 0. The van der Waals surface area contributed by atoms with E-state index in [1.807, 2.05) is 6.07 Å². The summed E-state index contributed by atoms with van der Waals surface area (Å²) < 4.78 is 0. The van der Waals surface area contributed by atoms with E-state index in [9.17, 15) is 14.4 Å². The maximum absolute atomic E-state index is 12.8. The molecule has 1 aliphatic heterocycles. The lowest BCUT2D eigenvalue weighted by molar-refractivity contribution is -0.136. The molecular formula is C20H23ClN2O3. The van der Waals surface area contributed by atoms with Gasteiger partial charge in [-0.1, -0.05) is 18.0 Å². The fourth-order valence-electron chi connectivity index (χ4n) is 4.63. The molecule has 2 saturated carbocycles. The monoisotopic (exact) mass is 374 g/mol. The second-order valence-electron chi connectivity index (χ2n) is 7.70. The number of hydrogen-bond acceptors (Lipinski definition) is 3. The maximum atomic E-state index is 12.8. The number of amides is 2. The molecule has 1 heterocycles. The third kappa shape index (κ3) is 3.25. The summed E-state index contributed by atoms with van der Waals surface area (Å²) in [5.41, 5.74) is 1.30. The van der Waals surface area contributed by atoms with Crippen LogP contribution in [0.25, 0.3) is 0 Å². The number of carbonyl (C=O) groups excluding carboxylic acids is 3. The first-order valence-electron chi connectivity index (χ1n) is 9.47. The first-order chi connectivity index (χ1) is 12.5. The Kier molecular flexibility index (Phi) is 4.74. The predicted molar refractivity (Wildman–Crippen MR) is 100 cm³/mol. The van der Waals surface area contributed by atoms with Crippen molar-refractivity contribution in [1.82, 2.24) is 0 Å². The first kappa shape index (κ1) is 17.5. The van der Waals surface area contributed by atoms with Gasteiger partial charge in [-0.05, 0) is 50.3 Å². The molecule has 5 nitrogen and oxygen atoms in total. The van der Waals surface area contributed by atoms with Gasteiger partial charge in [-0.2, -0.15) is 0 Å². The quantitative estimate of drug-likeness (QED) is 0.875. The van der Waals surface area contributed by atoms with Crippen molar-refractivity contribution in [1.29, 1.82) is 0 Å². The molecule has 138 valence electrons. The van der Waals surface area contributed by atoms with Crippen LogP contribution in [0.15, 0.2) is 18.2 Å². The van der Waals surface area contributed by atoms with Gasteiger partial charge in [-0.25, -0.2) is 0 Å². The summed E-state index contributed by atoms with van der Waals surface area (Å²) in [5.74, 6) is 0.331. The summed E-state index contributed by atoms with van der Waals surface area (Å²) in [4.78, 5) is 38.7. The SMILES string of the molecule is O=C(Nc1cc(N2CCCC2=O)ccc1Cl)C1CC2CCCC(C1)C2=O. The highest BCUT2D eigenvalue weighted by molar-refractivity contribution is 6.34. The number of halogens is 1. The third-order valence-electron chi connectivity index (χ3n) is 6.01.